The largest absolute Gasteiger partial charge is 0.441 e. The lowest BCUT2D eigenvalue weighted by Gasteiger charge is -2.14. The first-order chi connectivity index (χ1) is 14.6. The molecule has 3 heterocycles. The Morgan fingerprint density at radius 1 is 1.03 bits per heavy atom. The van der Waals surface area contributed by atoms with Crippen molar-refractivity contribution in [3.63, 3.8) is 0 Å². The third kappa shape index (κ3) is 3.37. The minimum absolute atomic E-state index is 0.162. The Labute approximate surface area is 176 Å². The fourth-order valence-corrected chi connectivity index (χ4v) is 4.54. The molecule has 0 aliphatic carbocycles. The van der Waals surface area contributed by atoms with Gasteiger partial charge in [0, 0.05) is 18.6 Å². The van der Waals surface area contributed by atoms with E-state index in [0.717, 1.165) is 28.7 Å². The van der Waals surface area contributed by atoms with Crippen molar-refractivity contribution in [1.29, 1.82) is 0 Å². The molecule has 0 N–H and O–H groups in total. The van der Waals surface area contributed by atoms with Crippen LogP contribution in [0.5, 0.6) is 0 Å². The van der Waals surface area contributed by atoms with Gasteiger partial charge in [0.15, 0.2) is 5.82 Å². The zero-order valence-electron chi connectivity index (χ0n) is 16.4. The van der Waals surface area contributed by atoms with E-state index in [4.69, 9.17) is 9.52 Å². The molecule has 0 spiro atoms. The number of benzene rings is 2. The molecule has 1 aliphatic rings. The Hall–Kier alpha value is -3.46. The molecular formula is C21H18N6O2S. The molecule has 0 fully saturated rings. The van der Waals surface area contributed by atoms with Gasteiger partial charge >= 0.3 is 5.76 Å². The minimum atomic E-state index is -0.502. The first kappa shape index (κ1) is 18.6. The highest BCUT2D eigenvalue weighted by atomic mass is 32.2. The van der Waals surface area contributed by atoms with Gasteiger partial charge in [-0.25, -0.2) is 4.79 Å². The Kier molecular flexibility index (Phi) is 4.59. The number of hydrogen-bond donors (Lipinski definition) is 0. The van der Waals surface area contributed by atoms with Crippen LogP contribution in [-0.4, -0.2) is 30.4 Å². The number of rotatable bonds is 3. The standard InChI is InChI=1S/C21H18N6O2S/c1-13-22-23-20-26(13)25-18(12-19(30-20)16-6-4-3-5-7-16)15-8-10-17(11-9-15)27-21(28)29-14(2)24-27/h3-11,19H,12H2,1-2H3. The van der Waals surface area contributed by atoms with Gasteiger partial charge in [-0.2, -0.15) is 14.5 Å². The summed E-state index contributed by atoms with van der Waals surface area (Å²) in [7, 11) is 0. The van der Waals surface area contributed by atoms with Gasteiger partial charge in [-0.1, -0.05) is 54.2 Å². The van der Waals surface area contributed by atoms with Crippen LogP contribution in [0.15, 0.2) is 74.1 Å². The summed E-state index contributed by atoms with van der Waals surface area (Å²) in [4.78, 5) is 11.9. The maximum atomic E-state index is 11.9. The summed E-state index contributed by atoms with van der Waals surface area (Å²) in [6.07, 6.45) is 0.736. The van der Waals surface area contributed by atoms with Crippen molar-refractivity contribution in [3.05, 3.63) is 88.0 Å². The lowest BCUT2D eigenvalue weighted by Crippen LogP contribution is -2.14. The smallest absolute Gasteiger partial charge is 0.392 e. The minimum Gasteiger partial charge on any atom is -0.392 e. The molecule has 8 nitrogen and oxygen atoms in total. The first-order valence-electron chi connectivity index (χ1n) is 9.47. The van der Waals surface area contributed by atoms with Gasteiger partial charge in [0.25, 0.3) is 0 Å². The number of nitrogens with zero attached hydrogens (tertiary/aromatic N) is 6. The molecule has 5 rings (SSSR count). The van der Waals surface area contributed by atoms with Crippen LogP contribution in [0.2, 0.25) is 0 Å². The molecule has 0 saturated heterocycles. The normalized spacial score (nSPS) is 16.1. The van der Waals surface area contributed by atoms with E-state index in [1.807, 2.05) is 49.4 Å². The Morgan fingerprint density at radius 3 is 2.50 bits per heavy atom. The quantitative estimate of drug-likeness (QED) is 0.506. The summed E-state index contributed by atoms with van der Waals surface area (Å²) in [6.45, 7) is 3.54. The van der Waals surface area contributed by atoms with Crippen LogP contribution in [0.4, 0.5) is 0 Å². The van der Waals surface area contributed by atoms with Gasteiger partial charge in [0.05, 0.1) is 11.4 Å². The number of thioether (sulfide) groups is 1. The molecule has 0 amide bonds. The van der Waals surface area contributed by atoms with Crippen molar-refractivity contribution in [2.24, 2.45) is 5.10 Å². The van der Waals surface area contributed by atoms with E-state index < -0.39 is 5.76 Å². The molecule has 9 heteroatoms. The molecule has 1 atom stereocenters. The van der Waals surface area contributed by atoms with E-state index in [1.165, 1.54) is 10.2 Å². The second-order valence-corrected chi connectivity index (χ2v) is 8.13. The molecule has 0 bridgehead atoms. The third-order valence-corrected chi connectivity index (χ3v) is 6.07. The molecule has 1 unspecified atom stereocenters. The van der Waals surface area contributed by atoms with Gasteiger partial charge < -0.3 is 4.42 Å². The summed E-state index contributed by atoms with van der Waals surface area (Å²) < 4.78 is 8.03. The number of aryl methyl sites for hydroxylation is 2. The molecule has 150 valence electrons. The van der Waals surface area contributed by atoms with Crippen molar-refractivity contribution >= 4 is 17.5 Å². The van der Waals surface area contributed by atoms with E-state index >= 15 is 0 Å². The zero-order valence-corrected chi connectivity index (χ0v) is 17.2. The summed E-state index contributed by atoms with van der Waals surface area (Å²) in [6, 6.07) is 17.9. The maximum absolute atomic E-state index is 11.9. The maximum Gasteiger partial charge on any atom is 0.441 e. The number of hydrogen-bond acceptors (Lipinski definition) is 7. The van der Waals surface area contributed by atoms with Gasteiger partial charge in [-0.3, -0.25) is 0 Å². The van der Waals surface area contributed by atoms with Crippen LogP contribution >= 0.6 is 11.8 Å². The molecule has 0 saturated carbocycles. The van der Waals surface area contributed by atoms with Crippen LogP contribution in [-0.2, 0) is 0 Å². The van der Waals surface area contributed by atoms with Gasteiger partial charge in [0.2, 0.25) is 11.0 Å². The van der Waals surface area contributed by atoms with E-state index in [1.54, 1.807) is 23.4 Å². The van der Waals surface area contributed by atoms with Gasteiger partial charge in [-0.15, -0.1) is 15.3 Å². The molecule has 2 aromatic carbocycles. The molecular weight excluding hydrogens is 400 g/mol. The zero-order chi connectivity index (χ0) is 20.7. The van der Waals surface area contributed by atoms with Gasteiger partial charge in [-0.05, 0) is 30.2 Å². The predicted molar refractivity (Wildman–Crippen MR) is 113 cm³/mol. The van der Waals surface area contributed by atoms with Crippen LogP contribution < -0.4 is 5.76 Å². The predicted octanol–water partition coefficient (Wildman–Crippen LogP) is 3.52. The second kappa shape index (κ2) is 7.42. The third-order valence-electron chi connectivity index (χ3n) is 4.88. The lowest BCUT2D eigenvalue weighted by atomic mass is 10.0. The van der Waals surface area contributed by atoms with Gasteiger partial charge in [0.1, 0.15) is 0 Å². The molecule has 0 radical (unpaired) electrons. The van der Waals surface area contributed by atoms with Crippen LogP contribution in [0.3, 0.4) is 0 Å². The SMILES string of the molecule is Cc1nn(-c2ccc(C3=Nn4c(C)nnc4SC(c4ccccc4)C3)cc2)c(=O)o1. The first-order valence-corrected chi connectivity index (χ1v) is 10.4. The highest BCUT2D eigenvalue weighted by Crippen LogP contribution is 2.40. The van der Waals surface area contributed by atoms with Crippen molar-refractivity contribution < 1.29 is 4.42 Å². The van der Waals surface area contributed by atoms with Crippen molar-refractivity contribution in [2.75, 3.05) is 0 Å². The fourth-order valence-electron chi connectivity index (χ4n) is 3.39. The molecule has 1 aliphatic heterocycles. The van der Waals surface area contributed by atoms with Crippen molar-refractivity contribution in [2.45, 2.75) is 30.7 Å². The highest BCUT2D eigenvalue weighted by molar-refractivity contribution is 7.99. The van der Waals surface area contributed by atoms with Crippen LogP contribution in [0.1, 0.15) is 34.5 Å². The topological polar surface area (TPSA) is 91.1 Å². The molecule has 2 aromatic heterocycles. The average molecular weight is 418 g/mol. The van der Waals surface area contributed by atoms with E-state index in [2.05, 4.69) is 27.4 Å². The van der Waals surface area contributed by atoms with E-state index in [-0.39, 0.29) is 5.25 Å². The Morgan fingerprint density at radius 2 is 1.80 bits per heavy atom. The fraction of sp³-hybridized carbons (Fsp3) is 0.190. The second-order valence-electron chi connectivity index (χ2n) is 6.96. The number of aromatic nitrogens is 5. The van der Waals surface area contributed by atoms with E-state index in [9.17, 15) is 4.79 Å². The number of fused-ring (bicyclic) bond motifs is 1. The average Bonchev–Trinajstić information content (AvgIpc) is 3.20. The summed E-state index contributed by atoms with van der Waals surface area (Å²) in [5, 5.41) is 18.4. The summed E-state index contributed by atoms with van der Waals surface area (Å²) >= 11 is 1.66. The summed E-state index contributed by atoms with van der Waals surface area (Å²) in [5.41, 5.74) is 3.75. The van der Waals surface area contributed by atoms with Crippen LogP contribution in [0, 0.1) is 13.8 Å². The van der Waals surface area contributed by atoms with E-state index in [0.29, 0.717) is 11.6 Å². The van der Waals surface area contributed by atoms with Crippen molar-refractivity contribution in [3.8, 4) is 5.69 Å². The molecule has 30 heavy (non-hydrogen) atoms. The Balaban J connectivity index is 1.55. The monoisotopic (exact) mass is 418 g/mol. The van der Waals surface area contributed by atoms with Crippen LogP contribution in [0.25, 0.3) is 5.69 Å². The molecule has 4 aromatic rings. The lowest BCUT2D eigenvalue weighted by molar-refractivity contribution is 0.477. The Bertz CT molecular complexity index is 1290. The highest BCUT2D eigenvalue weighted by Gasteiger charge is 2.25. The summed E-state index contributed by atoms with van der Waals surface area (Å²) in [5.74, 6) is 0.567. The van der Waals surface area contributed by atoms with Crippen molar-refractivity contribution in [1.82, 2.24) is 24.7 Å².